The van der Waals surface area contributed by atoms with Gasteiger partial charge in [-0.15, -0.1) is 0 Å². The zero-order valence-electron chi connectivity index (χ0n) is 8.01. The summed E-state index contributed by atoms with van der Waals surface area (Å²) in [7, 11) is 0. The first-order valence-corrected chi connectivity index (χ1v) is 5.21. The SMILES string of the molecule is CCc1c(C)nc2c(Cl)cc(Cl)cn12. The second-order valence-electron chi connectivity index (χ2n) is 3.20. The predicted octanol–water partition coefficient (Wildman–Crippen LogP) is 3.51. The molecule has 0 bridgehead atoms. The molecule has 0 saturated carbocycles. The topological polar surface area (TPSA) is 17.3 Å². The van der Waals surface area contributed by atoms with Crippen LogP contribution in [0.15, 0.2) is 12.3 Å². The highest BCUT2D eigenvalue weighted by molar-refractivity contribution is 6.36. The molecule has 0 spiro atoms. The molecule has 0 unspecified atom stereocenters. The van der Waals surface area contributed by atoms with E-state index in [1.807, 2.05) is 17.5 Å². The Bertz CT molecular complexity index is 488. The minimum absolute atomic E-state index is 0.598. The Morgan fingerprint density at radius 1 is 1.43 bits per heavy atom. The van der Waals surface area contributed by atoms with E-state index in [0.29, 0.717) is 10.0 Å². The van der Waals surface area contributed by atoms with Crippen LogP contribution >= 0.6 is 23.2 Å². The molecule has 0 aliphatic rings. The summed E-state index contributed by atoms with van der Waals surface area (Å²) >= 11 is 12.0. The molecule has 0 aromatic carbocycles. The Morgan fingerprint density at radius 3 is 2.79 bits per heavy atom. The molecule has 0 fully saturated rings. The van der Waals surface area contributed by atoms with Crippen LogP contribution in [0.1, 0.15) is 18.3 Å². The summed E-state index contributed by atoms with van der Waals surface area (Å²) in [6.45, 7) is 4.07. The van der Waals surface area contributed by atoms with Gasteiger partial charge in [0, 0.05) is 11.9 Å². The molecule has 2 aromatic rings. The number of pyridine rings is 1. The second kappa shape index (κ2) is 3.44. The molecule has 0 aliphatic heterocycles. The number of aromatic nitrogens is 2. The number of aryl methyl sites for hydroxylation is 2. The summed E-state index contributed by atoms with van der Waals surface area (Å²) in [4.78, 5) is 4.40. The number of imidazole rings is 1. The molecule has 2 rings (SSSR count). The molecule has 14 heavy (non-hydrogen) atoms. The van der Waals surface area contributed by atoms with Crippen molar-refractivity contribution < 1.29 is 0 Å². The van der Waals surface area contributed by atoms with Crippen LogP contribution in [0.5, 0.6) is 0 Å². The first-order valence-electron chi connectivity index (χ1n) is 4.46. The van der Waals surface area contributed by atoms with E-state index >= 15 is 0 Å². The summed E-state index contributed by atoms with van der Waals surface area (Å²) < 4.78 is 1.96. The summed E-state index contributed by atoms with van der Waals surface area (Å²) in [5, 5.41) is 1.23. The van der Waals surface area contributed by atoms with Crippen molar-refractivity contribution >= 4 is 28.8 Å². The first kappa shape index (κ1) is 9.81. The van der Waals surface area contributed by atoms with Crippen LogP contribution in [-0.4, -0.2) is 9.38 Å². The van der Waals surface area contributed by atoms with Crippen LogP contribution in [0.3, 0.4) is 0 Å². The van der Waals surface area contributed by atoms with E-state index in [4.69, 9.17) is 23.2 Å². The fourth-order valence-corrected chi connectivity index (χ4v) is 2.17. The molecule has 4 heteroatoms. The monoisotopic (exact) mass is 228 g/mol. The number of rotatable bonds is 1. The van der Waals surface area contributed by atoms with Gasteiger partial charge in [0.25, 0.3) is 0 Å². The fraction of sp³-hybridized carbons (Fsp3) is 0.300. The van der Waals surface area contributed by atoms with Gasteiger partial charge in [-0.1, -0.05) is 30.1 Å². The number of hydrogen-bond donors (Lipinski definition) is 0. The lowest BCUT2D eigenvalue weighted by molar-refractivity contribution is 0.978. The molecule has 2 aromatic heterocycles. The van der Waals surface area contributed by atoms with Gasteiger partial charge in [0.1, 0.15) is 0 Å². The van der Waals surface area contributed by atoms with Crippen LogP contribution in [-0.2, 0) is 6.42 Å². The van der Waals surface area contributed by atoms with E-state index in [2.05, 4.69) is 11.9 Å². The number of halogens is 2. The van der Waals surface area contributed by atoms with E-state index in [1.54, 1.807) is 6.07 Å². The Balaban J connectivity index is 2.87. The van der Waals surface area contributed by atoms with Crippen molar-refractivity contribution in [2.75, 3.05) is 0 Å². The van der Waals surface area contributed by atoms with Gasteiger partial charge in [0.05, 0.1) is 15.7 Å². The third-order valence-corrected chi connectivity index (χ3v) is 2.76. The molecule has 74 valence electrons. The van der Waals surface area contributed by atoms with E-state index in [0.717, 1.165) is 23.5 Å². The lowest BCUT2D eigenvalue weighted by atomic mass is 10.3. The maximum atomic E-state index is 6.04. The van der Waals surface area contributed by atoms with Crippen molar-refractivity contribution in [2.45, 2.75) is 20.3 Å². The van der Waals surface area contributed by atoms with E-state index < -0.39 is 0 Å². The van der Waals surface area contributed by atoms with Gasteiger partial charge >= 0.3 is 0 Å². The van der Waals surface area contributed by atoms with Crippen molar-refractivity contribution in [3.05, 3.63) is 33.7 Å². The largest absolute Gasteiger partial charge is 0.301 e. The van der Waals surface area contributed by atoms with Crippen molar-refractivity contribution in [2.24, 2.45) is 0 Å². The summed E-state index contributed by atoms with van der Waals surface area (Å²) in [6.07, 6.45) is 2.77. The lowest BCUT2D eigenvalue weighted by Crippen LogP contribution is -1.92. The quantitative estimate of drug-likeness (QED) is 0.731. The van der Waals surface area contributed by atoms with Crippen molar-refractivity contribution in [3.63, 3.8) is 0 Å². The van der Waals surface area contributed by atoms with E-state index in [-0.39, 0.29) is 0 Å². The molecule has 2 heterocycles. The van der Waals surface area contributed by atoms with Gasteiger partial charge in [0.15, 0.2) is 5.65 Å². The van der Waals surface area contributed by atoms with Gasteiger partial charge in [0.2, 0.25) is 0 Å². The van der Waals surface area contributed by atoms with Gasteiger partial charge in [-0.3, -0.25) is 0 Å². The molecule has 2 nitrogen and oxygen atoms in total. The lowest BCUT2D eigenvalue weighted by Gasteiger charge is -2.01. The van der Waals surface area contributed by atoms with Crippen molar-refractivity contribution in [3.8, 4) is 0 Å². The van der Waals surface area contributed by atoms with E-state index in [1.165, 1.54) is 0 Å². The maximum absolute atomic E-state index is 6.04. The molecule has 0 radical (unpaired) electrons. The molecule has 0 aliphatic carbocycles. The van der Waals surface area contributed by atoms with Crippen molar-refractivity contribution in [1.29, 1.82) is 0 Å². The standard InChI is InChI=1S/C10H10Cl2N2/c1-3-9-6(2)13-10-8(12)4-7(11)5-14(9)10/h4-5H,3H2,1-2H3. The maximum Gasteiger partial charge on any atom is 0.156 e. The highest BCUT2D eigenvalue weighted by atomic mass is 35.5. The zero-order valence-corrected chi connectivity index (χ0v) is 9.52. The van der Waals surface area contributed by atoms with Gasteiger partial charge in [-0.25, -0.2) is 4.98 Å². The summed E-state index contributed by atoms with van der Waals surface area (Å²) in [5.41, 5.74) is 2.95. The predicted molar refractivity (Wildman–Crippen MR) is 59.3 cm³/mol. The zero-order chi connectivity index (χ0) is 10.3. The Kier molecular flexibility index (Phi) is 2.41. The average Bonchev–Trinajstić information content (AvgIpc) is 2.41. The van der Waals surface area contributed by atoms with Gasteiger partial charge in [-0.2, -0.15) is 0 Å². The van der Waals surface area contributed by atoms with Crippen LogP contribution < -0.4 is 0 Å². The van der Waals surface area contributed by atoms with Crippen LogP contribution in [0.4, 0.5) is 0 Å². The Hall–Kier alpha value is -0.730. The second-order valence-corrected chi connectivity index (χ2v) is 4.04. The van der Waals surface area contributed by atoms with Crippen LogP contribution in [0, 0.1) is 6.92 Å². The van der Waals surface area contributed by atoms with Crippen LogP contribution in [0.25, 0.3) is 5.65 Å². The molecule has 0 N–H and O–H groups in total. The minimum atomic E-state index is 0.598. The number of hydrogen-bond acceptors (Lipinski definition) is 1. The fourth-order valence-electron chi connectivity index (χ4n) is 1.66. The van der Waals surface area contributed by atoms with E-state index in [9.17, 15) is 0 Å². The third-order valence-electron chi connectivity index (χ3n) is 2.28. The van der Waals surface area contributed by atoms with Crippen molar-refractivity contribution in [1.82, 2.24) is 9.38 Å². The number of nitrogens with zero attached hydrogens (tertiary/aromatic N) is 2. The summed E-state index contributed by atoms with van der Waals surface area (Å²) in [6, 6.07) is 1.71. The van der Waals surface area contributed by atoms with Crippen LogP contribution in [0.2, 0.25) is 10.0 Å². The highest BCUT2D eigenvalue weighted by Gasteiger charge is 2.10. The Labute approximate surface area is 92.5 Å². The molecule has 0 amide bonds. The third kappa shape index (κ3) is 1.39. The summed E-state index contributed by atoms with van der Waals surface area (Å²) in [5.74, 6) is 0. The van der Waals surface area contributed by atoms with Gasteiger partial charge in [-0.05, 0) is 19.4 Å². The molecule has 0 atom stereocenters. The Morgan fingerprint density at radius 2 is 2.14 bits per heavy atom. The molecular weight excluding hydrogens is 219 g/mol. The normalized spacial score (nSPS) is 11.1. The number of fused-ring (bicyclic) bond motifs is 1. The first-order chi connectivity index (χ1) is 6.63. The average molecular weight is 229 g/mol. The minimum Gasteiger partial charge on any atom is -0.301 e. The highest BCUT2D eigenvalue weighted by Crippen LogP contribution is 2.24. The molecule has 0 saturated heterocycles. The smallest absolute Gasteiger partial charge is 0.156 e. The molecular formula is C10H10Cl2N2. The van der Waals surface area contributed by atoms with Gasteiger partial charge < -0.3 is 4.40 Å².